The van der Waals surface area contributed by atoms with Crippen LogP contribution in [0.5, 0.6) is 0 Å². The first-order valence-electron chi connectivity index (χ1n) is 4.30. The molecule has 0 atom stereocenters. The van der Waals surface area contributed by atoms with E-state index in [9.17, 15) is 4.91 Å². The SMILES string of the molecule is O=Nc1cncnc1N1CCCC1. The first-order chi connectivity index (χ1) is 6.42. The molecule has 1 saturated heterocycles. The second-order valence-electron chi connectivity index (χ2n) is 3.02. The van der Waals surface area contributed by atoms with Crippen molar-refractivity contribution in [1.29, 1.82) is 0 Å². The molecule has 0 aliphatic carbocycles. The molecule has 0 amide bonds. The molecular formula is C8H10N4O. The molecule has 0 aromatic carbocycles. The zero-order chi connectivity index (χ0) is 9.10. The molecule has 1 aliphatic rings. The third-order valence-corrected chi connectivity index (χ3v) is 2.18. The summed E-state index contributed by atoms with van der Waals surface area (Å²) in [7, 11) is 0. The molecule has 5 heteroatoms. The van der Waals surface area contributed by atoms with Crippen molar-refractivity contribution < 1.29 is 0 Å². The van der Waals surface area contributed by atoms with Gasteiger partial charge in [-0.1, -0.05) is 0 Å². The summed E-state index contributed by atoms with van der Waals surface area (Å²) in [5.74, 6) is 0.669. The van der Waals surface area contributed by atoms with Crippen LogP contribution in [0.3, 0.4) is 0 Å². The second-order valence-corrected chi connectivity index (χ2v) is 3.02. The number of hydrogen-bond donors (Lipinski definition) is 0. The lowest BCUT2D eigenvalue weighted by Gasteiger charge is -2.15. The lowest BCUT2D eigenvalue weighted by Crippen LogP contribution is -2.19. The molecule has 13 heavy (non-hydrogen) atoms. The minimum absolute atomic E-state index is 0.337. The van der Waals surface area contributed by atoms with Crippen LogP contribution in [0.25, 0.3) is 0 Å². The Labute approximate surface area is 75.8 Å². The minimum atomic E-state index is 0.337. The molecule has 0 bridgehead atoms. The Balaban J connectivity index is 2.31. The van der Waals surface area contributed by atoms with E-state index in [1.165, 1.54) is 12.5 Å². The molecule has 1 aliphatic heterocycles. The van der Waals surface area contributed by atoms with Gasteiger partial charge in [-0.2, -0.15) is 0 Å². The van der Waals surface area contributed by atoms with Gasteiger partial charge in [-0.05, 0) is 18.0 Å². The van der Waals surface area contributed by atoms with E-state index in [2.05, 4.69) is 20.0 Å². The molecule has 0 radical (unpaired) electrons. The number of aromatic nitrogens is 2. The smallest absolute Gasteiger partial charge is 0.168 e. The minimum Gasteiger partial charge on any atom is -0.355 e. The number of nitroso groups, excluding NO2 is 1. The van der Waals surface area contributed by atoms with E-state index >= 15 is 0 Å². The largest absolute Gasteiger partial charge is 0.355 e. The Kier molecular flexibility index (Phi) is 2.16. The van der Waals surface area contributed by atoms with Crippen LogP contribution >= 0.6 is 0 Å². The molecule has 1 aromatic rings. The summed E-state index contributed by atoms with van der Waals surface area (Å²) >= 11 is 0. The molecule has 68 valence electrons. The van der Waals surface area contributed by atoms with Gasteiger partial charge < -0.3 is 4.90 Å². The van der Waals surface area contributed by atoms with Crippen LogP contribution in [0.1, 0.15) is 12.8 Å². The van der Waals surface area contributed by atoms with E-state index in [1.54, 1.807) is 0 Å². The van der Waals surface area contributed by atoms with Crippen LogP contribution in [0.4, 0.5) is 11.5 Å². The van der Waals surface area contributed by atoms with Gasteiger partial charge in [0.05, 0.1) is 6.20 Å². The van der Waals surface area contributed by atoms with Crippen molar-refractivity contribution >= 4 is 11.5 Å². The number of anilines is 1. The Hall–Kier alpha value is -1.52. The van der Waals surface area contributed by atoms with E-state index in [-0.39, 0.29) is 0 Å². The van der Waals surface area contributed by atoms with Crippen molar-refractivity contribution in [3.05, 3.63) is 17.4 Å². The van der Waals surface area contributed by atoms with Crippen LogP contribution in [-0.2, 0) is 0 Å². The molecule has 2 rings (SSSR count). The summed E-state index contributed by atoms with van der Waals surface area (Å²) in [5, 5.41) is 2.90. The van der Waals surface area contributed by atoms with E-state index in [1.807, 2.05) is 0 Å². The highest BCUT2D eigenvalue weighted by molar-refractivity contribution is 5.60. The molecule has 0 spiro atoms. The average Bonchev–Trinajstić information content (AvgIpc) is 2.70. The summed E-state index contributed by atoms with van der Waals surface area (Å²) in [4.78, 5) is 20.3. The lowest BCUT2D eigenvalue weighted by molar-refractivity contribution is 0.926. The number of rotatable bonds is 2. The fourth-order valence-corrected chi connectivity index (χ4v) is 1.55. The summed E-state index contributed by atoms with van der Waals surface area (Å²) in [6, 6.07) is 0. The topological polar surface area (TPSA) is 58.5 Å². The first-order valence-corrected chi connectivity index (χ1v) is 4.30. The normalized spacial score (nSPS) is 16.2. The standard InChI is InChI=1S/C8H10N4O/c13-11-7-5-9-6-10-8(7)12-3-1-2-4-12/h5-6H,1-4H2. The maximum absolute atomic E-state index is 10.4. The van der Waals surface area contributed by atoms with Gasteiger partial charge in [-0.3, -0.25) is 0 Å². The summed E-state index contributed by atoms with van der Waals surface area (Å²) in [5.41, 5.74) is 0.337. The highest BCUT2D eigenvalue weighted by atomic mass is 16.3. The van der Waals surface area contributed by atoms with Crippen molar-refractivity contribution in [3.63, 3.8) is 0 Å². The maximum Gasteiger partial charge on any atom is 0.168 e. The Morgan fingerprint density at radius 1 is 1.38 bits per heavy atom. The monoisotopic (exact) mass is 178 g/mol. The van der Waals surface area contributed by atoms with Crippen molar-refractivity contribution in [2.45, 2.75) is 12.8 Å². The molecule has 0 saturated carbocycles. The zero-order valence-corrected chi connectivity index (χ0v) is 7.18. The van der Waals surface area contributed by atoms with Crippen LogP contribution in [-0.4, -0.2) is 23.1 Å². The highest BCUT2D eigenvalue weighted by Gasteiger charge is 2.17. The predicted octanol–water partition coefficient (Wildman–Crippen LogP) is 1.47. The van der Waals surface area contributed by atoms with Gasteiger partial charge in [0.25, 0.3) is 0 Å². The van der Waals surface area contributed by atoms with Crippen molar-refractivity contribution in [2.75, 3.05) is 18.0 Å². The van der Waals surface area contributed by atoms with Crippen LogP contribution < -0.4 is 4.90 Å². The predicted molar refractivity (Wildman–Crippen MR) is 48.9 cm³/mol. The third-order valence-electron chi connectivity index (χ3n) is 2.18. The van der Waals surface area contributed by atoms with Gasteiger partial charge in [-0.15, -0.1) is 4.91 Å². The molecule has 0 N–H and O–H groups in total. The highest BCUT2D eigenvalue weighted by Crippen LogP contribution is 2.26. The lowest BCUT2D eigenvalue weighted by atomic mass is 10.4. The second kappa shape index (κ2) is 3.47. The quantitative estimate of drug-likeness (QED) is 0.643. The maximum atomic E-state index is 10.4. The molecule has 2 heterocycles. The average molecular weight is 178 g/mol. The van der Waals surface area contributed by atoms with Crippen molar-refractivity contribution in [1.82, 2.24) is 9.97 Å². The van der Waals surface area contributed by atoms with Crippen LogP contribution in [0.2, 0.25) is 0 Å². The molecule has 1 fully saturated rings. The first kappa shape index (κ1) is 8.10. The molecule has 0 unspecified atom stereocenters. The molecular weight excluding hydrogens is 168 g/mol. The van der Waals surface area contributed by atoms with Gasteiger partial charge in [0.15, 0.2) is 11.5 Å². The van der Waals surface area contributed by atoms with Gasteiger partial charge in [0.1, 0.15) is 6.33 Å². The zero-order valence-electron chi connectivity index (χ0n) is 7.18. The number of nitrogens with zero attached hydrogens (tertiary/aromatic N) is 4. The van der Waals surface area contributed by atoms with E-state index in [0.29, 0.717) is 11.5 Å². The summed E-state index contributed by atoms with van der Waals surface area (Å²) in [6.07, 6.45) is 5.21. The van der Waals surface area contributed by atoms with Crippen molar-refractivity contribution in [2.24, 2.45) is 5.18 Å². The van der Waals surface area contributed by atoms with E-state index in [4.69, 9.17) is 0 Å². The Morgan fingerprint density at radius 3 is 2.85 bits per heavy atom. The van der Waals surface area contributed by atoms with E-state index < -0.39 is 0 Å². The fourth-order valence-electron chi connectivity index (χ4n) is 1.55. The van der Waals surface area contributed by atoms with Crippen LogP contribution in [0, 0.1) is 4.91 Å². The Bertz CT molecular complexity index is 309. The van der Waals surface area contributed by atoms with Gasteiger partial charge in [0, 0.05) is 13.1 Å². The fraction of sp³-hybridized carbons (Fsp3) is 0.500. The molecule has 5 nitrogen and oxygen atoms in total. The van der Waals surface area contributed by atoms with Gasteiger partial charge in [-0.25, -0.2) is 9.97 Å². The van der Waals surface area contributed by atoms with E-state index in [0.717, 1.165) is 25.9 Å². The van der Waals surface area contributed by atoms with Crippen molar-refractivity contribution in [3.8, 4) is 0 Å². The molecule has 1 aromatic heterocycles. The summed E-state index contributed by atoms with van der Waals surface area (Å²) < 4.78 is 0. The number of hydrogen-bond acceptors (Lipinski definition) is 5. The van der Waals surface area contributed by atoms with Crippen LogP contribution in [0.15, 0.2) is 17.7 Å². The Morgan fingerprint density at radius 2 is 2.15 bits per heavy atom. The third kappa shape index (κ3) is 1.49. The van der Waals surface area contributed by atoms with Gasteiger partial charge >= 0.3 is 0 Å². The summed E-state index contributed by atoms with van der Waals surface area (Å²) in [6.45, 7) is 1.92. The van der Waals surface area contributed by atoms with Gasteiger partial charge in [0.2, 0.25) is 0 Å².